The van der Waals surface area contributed by atoms with E-state index in [0.717, 1.165) is 0 Å². The lowest BCUT2D eigenvalue weighted by Gasteiger charge is -2.29. The van der Waals surface area contributed by atoms with Crippen LogP contribution in [0.1, 0.15) is 20.8 Å². The summed E-state index contributed by atoms with van der Waals surface area (Å²) in [4.78, 5) is 0. The van der Waals surface area contributed by atoms with E-state index in [4.69, 9.17) is 15.4 Å². The molecule has 7 heteroatoms. The summed E-state index contributed by atoms with van der Waals surface area (Å²) in [7, 11) is 1.67. The molecule has 20 heavy (non-hydrogen) atoms. The van der Waals surface area contributed by atoms with Crippen LogP contribution in [0.15, 0.2) is 22.7 Å². The molecule has 0 amide bonds. The Morgan fingerprint density at radius 2 is 2.00 bits per heavy atom. The van der Waals surface area contributed by atoms with Gasteiger partial charge in [-0.2, -0.15) is 0 Å². The fraction of sp³-hybridized carbons (Fsp3) is 0.538. The van der Waals surface area contributed by atoms with Gasteiger partial charge in [-0.3, -0.25) is 0 Å². The molecule has 0 saturated heterocycles. The van der Waals surface area contributed by atoms with Crippen molar-refractivity contribution in [1.29, 1.82) is 0 Å². The minimum absolute atomic E-state index is 0.0722. The zero-order valence-electron chi connectivity index (χ0n) is 11.5. The molecular weight excluding hydrogens is 371 g/mol. The predicted octanol–water partition coefficient (Wildman–Crippen LogP) is 4.20. The Labute approximate surface area is 132 Å². The predicted molar refractivity (Wildman–Crippen MR) is 82.2 cm³/mol. The summed E-state index contributed by atoms with van der Waals surface area (Å²) in [6, 6.07) is 4.35. The molecule has 0 aliphatic heterocycles. The van der Waals surface area contributed by atoms with Crippen LogP contribution in [0.3, 0.4) is 0 Å². The fourth-order valence-corrected chi connectivity index (χ4v) is 3.44. The van der Waals surface area contributed by atoms with Crippen molar-refractivity contribution in [3.63, 3.8) is 0 Å². The van der Waals surface area contributed by atoms with Crippen molar-refractivity contribution in [2.45, 2.75) is 20.8 Å². The van der Waals surface area contributed by atoms with Gasteiger partial charge in [-0.1, -0.05) is 36.7 Å². The van der Waals surface area contributed by atoms with E-state index < -0.39 is 14.9 Å². The normalized spacial score (nSPS) is 14.1. The molecule has 0 fully saturated rings. The van der Waals surface area contributed by atoms with Crippen LogP contribution in [0.4, 0.5) is 4.39 Å². The smallest absolute Gasteiger partial charge is 0.233 e. The summed E-state index contributed by atoms with van der Waals surface area (Å²) in [6.45, 7) is 5.74. The third-order valence-corrected chi connectivity index (χ3v) is 4.63. The Hall–Kier alpha value is -0.330. The monoisotopic (exact) mass is 386 g/mol. The average Bonchev–Trinajstić information content (AvgIpc) is 2.25. The zero-order valence-corrected chi connectivity index (χ0v) is 14.6. The number of ether oxygens (including phenoxy) is 1. The topological polar surface area (TPSA) is 43.4 Å². The highest BCUT2D eigenvalue weighted by Gasteiger charge is 2.30. The van der Waals surface area contributed by atoms with E-state index >= 15 is 0 Å². The lowest BCUT2D eigenvalue weighted by Crippen LogP contribution is -2.32. The molecule has 1 aromatic rings. The van der Waals surface area contributed by atoms with E-state index in [1.807, 2.05) is 20.8 Å². The van der Waals surface area contributed by atoms with Crippen LogP contribution in [0.25, 0.3) is 0 Å². The molecule has 0 aromatic heterocycles. The molecule has 0 heterocycles. The van der Waals surface area contributed by atoms with E-state index in [-0.39, 0.29) is 29.4 Å². The maximum atomic E-state index is 13.6. The molecule has 0 aliphatic carbocycles. The standard InChI is InChI=1S/C13H17BrClFO3S/c1-13(2,3)9(8-20(15,17)18)7-19-12-6-10(14)4-5-11(12)16/h4-6,9H,7-8H2,1-3H3. The Morgan fingerprint density at radius 3 is 2.50 bits per heavy atom. The SMILES string of the molecule is CC(C)(C)C(COc1cc(Br)ccc1F)CS(=O)(=O)Cl. The first-order chi connectivity index (χ1) is 8.99. The molecule has 0 radical (unpaired) electrons. The first-order valence-corrected chi connectivity index (χ1v) is 9.26. The molecule has 1 aromatic carbocycles. The maximum absolute atomic E-state index is 13.6. The van der Waals surface area contributed by atoms with Crippen molar-refractivity contribution in [2.24, 2.45) is 11.3 Å². The van der Waals surface area contributed by atoms with Gasteiger partial charge in [0.05, 0.1) is 12.4 Å². The summed E-state index contributed by atoms with van der Waals surface area (Å²) >= 11 is 3.23. The van der Waals surface area contributed by atoms with Crippen molar-refractivity contribution in [1.82, 2.24) is 0 Å². The minimum atomic E-state index is -3.64. The van der Waals surface area contributed by atoms with Crippen molar-refractivity contribution >= 4 is 35.7 Å². The third-order valence-electron chi connectivity index (χ3n) is 2.96. The molecule has 0 bridgehead atoms. The van der Waals surface area contributed by atoms with Gasteiger partial charge >= 0.3 is 0 Å². The van der Waals surface area contributed by atoms with Gasteiger partial charge in [0.1, 0.15) is 0 Å². The molecule has 114 valence electrons. The number of halogens is 3. The largest absolute Gasteiger partial charge is 0.490 e. The summed E-state index contributed by atoms with van der Waals surface area (Å²) in [5, 5.41) is 0. The quantitative estimate of drug-likeness (QED) is 0.711. The van der Waals surface area contributed by atoms with Crippen LogP contribution >= 0.6 is 26.6 Å². The molecular formula is C13H17BrClFO3S. The van der Waals surface area contributed by atoms with Gasteiger partial charge in [0.25, 0.3) is 0 Å². The van der Waals surface area contributed by atoms with Crippen LogP contribution in [-0.4, -0.2) is 20.8 Å². The third kappa shape index (κ3) is 5.97. The van der Waals surface area contributed by atoms with E-state index in [2.05, 4.69) is 15.9 Å². The zero-order chi connectivity index (χ0) is 15.6. The first-order valence-electron chi connectivity index (χ1n) is 5.99. The lowest BCUT2D eigenvalue weighted by molar-refractivity contribution is 0.159. The number of benzene rings is 1. The number of hydrogen-bond acceptors (Lipinski definition) is 3. The van der Waals surface area contributed by atoms with Gasteiger partial charge in [-0.15, -0.1) is 0 Å². The highest BCUT2D eigenvalue weighted by atomic mass is 79.9. The molecule has 1 atom stereocenters. The van der Waals surface area contributed by atoms with Crippen LogP contribution in [-0.2, 0) is 9.05 Å². The van der Waals surface area contributed by atoms with Crippen LogP contribution in [0.5, 0.6) is 5.75 Å². The van der Waals surface area contributed by atoms with Crippen molar-refractivity contribution in [3.05, 3.63) is 28.5 Å². The van der Waals surface area contributed by atoms with Crippen molar-refractivity contribution < 1.29 is 17.5 Å². The molecule has 1 rings (SSSR count). The molecule has 0 N–H and O–H groups in total. The summed E-state index contributed by atoms with van der Waals surface area (Å²) in [6.07, 6.45) is 0. The highest BCUT2D eigenvalue weighted by molar-refractivity contribution is 9.10. The first kappa shape index (κ1) is 17.7. The second-order valence-electron chi connectivity index (χ2n) is 5.65. The van der Waals surface area contributed by atoms with E-state index in [0.29, 0.717) is 4.47 Å². The van der Waals surface area contributed by atoms with Gasteiger partial charge in [0, 0.05) is 21.1 Å². The second-order valence-corrected chi connectivity index (χ2v) is 9.39. The molecule has 1 unspecified atom stereocenters. The van der Waals surface area contributed by atoms with Gasteiger partial charge in [-0.05, 0) is 23.6 Å². The van der Waals surface area contributed by atoms with Gasteiger partial charge < -0.3 is 4.74 Å². The lowest BCUT2D eigenvalue weighted by atomic mass is 9.82. The summed E-state index contributed by atoms with van der Waals surface area (Å²) < 4.78 is 42.2. The maximum Gasteiger partial charge on any atom is 0.233 e. The number of rotatable bonds is 5. The Kier molecular flexibility index (Phi) is 5.87. The van der Waals surface area contributed by atoms with E-state index in [1.54, 1.807) is 6.07 Å². The van der Waals surface area contributed by atoms with Gasteiger partial charge in [-0.25, -0.2) is 12.8 Å². The minimum Gasteiger partial charge on any atom is -0.490 e. The molecule has 0 aliphatic rings. The Bertz CT molecular complexity index is 569. The summed E-state index contributed by atoms with van der Waals surface area (Å²) in [5.74, 6) is -0.966. The second kappa shape index (κ2) is 6.62. The van der Waals surface area contributed by atoms with Crippen molar-refractivity contribution in [2.75, 3.05) is 12.4 Å². The molecule has 0 spiro atoms. The van der Waals surface area contributed by atoms with E-state index in [9.17, 15) is 12.8 Å². The Morgan fingerprint density at radius 1 is 1.40 bits per heavy atom. The van der Waals surface area contributed by atoms with Crippen LogP contribution in [0, 0.1) is 17.2 Å². The van der Waals surface area contributed by atoms with Gasteiger partial charge in [0.2, 0.25) is 9.05 Å². The summed E-state index contributed by atoms with van der Waals surface area (Å²) in [5.41, 5.74) is -0.329. The number of hydrogen-bond donors (Lipinski definition) is 0. The van der Waals surface area contributed by atoms with E-state index in [1.165, 1.54) is 12.1 Å². The van der Waals surface area contributed by atoms with Crippen molar-refractivity contribution in [3.8, 4) is 5.75 Å². The highest BCUT2D eigenvalue weighted by Crippen LogP contribution is 2.30. The Balaban J connectivity index is 2.84. The fourth-order valence-electron chi connectivity index (χ4n) is 1.57. The molecule has 3 nitrogen and oxygen atoms in total. The average molecular weight is 388 g/mol. The van der Waals surface area contributed by atoms with Gasteiger partial charge in [0.15, 0.2) is 11.6 Å². The van der Waals surface area contributed by atoms with Crippen LogP contribution in [0.2, 0.25) is 0 Å². The molecule has 0 saturated carbocycles. The van der Waals surface area contributed by atoms with Crippen LogP contribution < -0.4 is 4.74 Å².